The van der Waals surface area contributed by atoms with Crippen molar-refractivity contribution >= 4 is 5.91 Å². The van der Waals surface area contributed by atoms with Crippen LogP contribution < -0.4 is 0 Å². The van der Waals surface area contributed by atoms with Gasteiger partial charge in [-0.2, -0.15) is 0 Å². The van der Waals surface area contributed by atoms with E-state index in [9.17, 15) is 14.3 Å². The van der Waals surface area contributed by atoms with Gasteiger partial charge in [-0.3, -0.25) is 4.79 Å². The van der Waals surface area contributed by atoms with Crippen molar-refractivity contribution < 1.29 is 14.3 Å². The van der Waals surface area contributed by atoms with Gasteiger partial charge in [0.1, 0.15) is 12.1 Å². The average molecular weight is 386 g/mol. The molecule has 1 aliphatic heterocycles. The summed E-state index contributed by atoms with van der Waals surface area (Å²) in [5.74, 6) is -0.343. The van der Waals surface area contributed by atoms with Crippen molar-refractivity contribution in [1.29, 1.82) is 0 Å². The van der Waals surface area contributed by atoms with E-state index in [1.807, 2.05) is 4.90 Å². The van der Waals surface area contributed by atoms with E-state index in [4.69, 9.17) is 0 Å². The lowest BCUT2D eigenvalue weighted by Gasteiger charge is -2.30. The molecule has 1 N–H and O–H groups in total. The molecule has 1 aliphatic rings. The topological polar surface area (TPSA) is 69.6 Å². The molecule has 150 valence electrons. The minimum absolute atomic E-state index is 0.0358. The fraction of sp³-hybridized carbons (Fsp3) is 0.476. The van der Waals surface area contributed by atoms with Crippen molar-refractivity contribution in [2.45, 2.75) is 44.9 Å². The zero-order valence-corrected chi connectivity index (χ0v) is 16.2. The molecule has 7 heteroatoms. The van der Waals surface area contributed by atoms with Crippen LogP contribution in [0.5, 0.6) is 0 Å². The predicted molar refractivity (Wildman–Crippen MR) is 104 cm³/mol. The largest absolute Gasteiger partial charge is 0.387 e. The van der Waals surface area contributed by atoms with Crippen molar-refractivity contribution in [2.24, 2.45) is 0 Å². The lowest BCUT2D eigenvalue weighted by atomic mass is 10.1. The number of halogens is 1. The highest BCUT2D eigenvalue weighted by Crippen LogP contribution is 2.22. The van der Waals surface area contributed by atoms with Crippen LogP contribution in [0.1, 0.15) is 43.4 Å². The fourth-order valence-corrected chi connectivity index (χ4v) is 3.83. The molecular weight excluding hydrogens is 359 g/mol. The number of hydrogen-bond acceptors (Lipinski definition) is 5. The van der Waals surface area contributed by atoms with Crippen LogP contribution in [0.2, 0.25) is 0 Å². The number of amides is 1. The van der Waals surface area contributed by atoms with Gasteiger partial charge < -0.3 is 14.9 Å². The maximum Gasteiger partial charge on any atom is 0.219 e. The van der Waals surface area contributed by atoms with Crippen molar-refractivity contribution in [3.8, 4) is 0 Å². The smallest absolute Gasteiger partial charge is 0.219 e. The van der Waals surface area contributed by atoms with Crippen LogP contribution in [-0.4, -0.2) is 56.5 Å². The number of carbonyl (C=O) groups excluding carboxylic acids is 1. The summed E-state index contributed by atoms with van der Waals surface area (Å²) in [5, 5.41) is 10.4. The number of benzene rings is 1. The van der Waals surface area contributed by atoms with Crippen molar-refractivity contribution in [1.82, 2.24) is 19.8 Å². The number of likely N-dealkylation sites (tertiary alicyclic amines) is 1. The van der Waals surface area contributed by atoms with Gasteiger partial charge in [0.15, 0.2) is 0 Å². The molecule has 0 bridgehead atoms. The summed E-state index contributed by atoms with van der Waals surface area (Å²) in [4.78, 5) is 24.3. The van der Waals surface area contributed by atoms with Crippen LogP contribution in [0.15, 0.2) is 43.0 Å². The van der Waals surface area contributed by atoms with Crippen LogP contribution in [-0.2, 0) is 11.3 Å². The van der Waals surface area contributed by atoms with Crippen LogP contribution in [0.3, 0.4) is 0 Å². The summed E-state index contributed by atoms with van der Waals surface area (Å²) < 4.78 is 13.9. The molecule has 0 unspecified atom stereocenters. The second-order valence-corrected chi connectivity index (χ2v) is 7.32. The first-order valence-corrected chi connectivity index (χ1v) is 9.70. The van der Waals surface area contributed by atoms with E-state index in [0.717, 1.165) is 37.9 Å². The Labute approximate surface area is 165 Å². The molecule has 1 fully saturated rings. The minimum Gasteiger partial charge on any atom is -0.387 e. The van der Waals surface area contributed by atoms with Crippen LogP contribution in [0.4, 0.5) is 4.39 Å². The first-order valence-electron chi connectivity index (χ1n) is 9.70. The Kier molecular flexibility index (Phi) is 7.06. The van der Waals surface area contributed by atoms with E-state index < -0.39 is 6.10 Å². The van der Waals surface area contributed by atoms with Gasteiger partial charge in [-0.15, -0.1) is 0 Å². The van der Waals surface area contributed by atoms with Gasteiger partial charge in [-0.25, -0.2) is 14.4 Å². The summed E-state index contributed by atoms with van der Waals surface area (Å²) in [6, 6.07) is 6.48. The molecule has 2 aromatic rings. The Morgan fingerprint density at radius 1 is 1.29 bits per heavy atom. The Morgan fingerprint density at radius 2 is 2.04 bits per heavy atom. The highest BCUT2D eigenvalue weighted by atomic mass is 19.1. The second kappa shape index (κ2) is 9.71. The monoisotopic (exact) mass is 386 g/mol. The van der Waals surface area contributed by atoms with E-state index in [1.54, 1.807) is 37.5 Å². The minimum atomic E-state index is -0.858. The first-order chi connectivity index (χ1) is 13.5. The zero-order valence-electron chi connectivity index (χ0n) is 16.2. The molecule has 2 heterocycles. The summed E-state index contributed by atoms with van der Waals surface area (Å²) in [7, 11) is 0. The maximum atomic E-state index is 13.9. The molecule has 0 saturated carbocycles. The number of hydrogen-bond donors (Lipinski definition) is 1. The van der Waals surface area contributed by atoms with Gasteiger partial charge in [0.05, 0.1) is 6.10 Å². The van der Waals surface area contributed by atoms with Gasteiger partial charge in [0.25, 0.3) is 0 Å². The Bertz CT molecular complexity index is 774. The quantitative estimate of drug-likeness (QED) is 0.826. The van der Waals surface area contributed by atoms with Gasteiger partial charge in [-0.1, -0.05) is 18.2 Å². The molecule has 1 aromatic heterocycles. The van der Waals surface area contributed by atoms with Gasteiger partial charge in [-0.05, 0) is 31.9 Å². The summed E-state index contributed by atoms with van der Waals surface area (Å²) >= 11 is 0. The second-order valence-electron chi connectivity index (χ2n) is 7.32. The lowest BCUT2D eigenvalue weighted by molar-refractivity contribution is -0.132. The number of rotatable bonds is 6. The number of nitrogens with zero attached hydrogens (tertiary/aromatic N) is 4. The van der Waals surface area contributed by atoms with Crippen molar-refractivity contribution in [2.75, 3.05) is 19.6 Å². The third kappa shape index (κ3) is 5.33. The Balaban J connectivity index is 1.60. The number of β-amino-alcohol motifs (C(OH)–C–C–N with tert-alkyl or cyclic N) is 1. The SMILES string of the molecule is CC(=O)N(Cc1cncnc1)[C@@H]1CCCN(C[C@@H](O)c2ccccc2F)CC1. The average Bonchev–Trinajstić information content (AvgIpc) is 2.92. The number of aliphatic hydroxyl groups excluding tert-OH is 1. The molecule has 1 amide bonds. The normalized spacial score (nSPS) is 19.0. The van der Waals surface area contributed by atoms with Gasteiger partial charge in [0.2, 0.25) is 5.91 Å². The predicted octanol–water partition coefficient (Wildman–Crippen LogP) is 2.55. The van der Waals surface area contributed by atoms with E-state index >= 15 is 0 Å². The summed E-state index contributed by atoms with van der Waals surface area (Å²) in [5.41, 5.74) is 1.24. The van der Waals surface area contributed by atoms with E-state index in [0.29, 0.717) is 18.7 Å². The first kappa shape index (κ1) is 20.4. The number of carbonyl (C=O) groups is 1. The highest BCUT2D eigenvalue weighted by molar-refractivity contribution is 5.73. The molecule has 1 saturated heterocycles. The van der Waals surface area contributed by atoms with Crippen molar-refractivity contribution in [3.05, 3.63) is 59.9 Å². The molecule has 3 rings (SSSR count). The standard InChI is InChI=1S/C21H27FN4O2/c1-16(27)26(13-17-11-23-15-24-12-17)18-5-4-9-25(10-8-18)14-21(28)19-6-2-3-7-20(19)22/h2-3,6-7,11-12,15,18,21,28H,4-5,8-10,13-14H2,1H3/t18-,21-/m1/s1. The molecule has 0 aliphatic carbocycles. The van der Waals surface area contributed by atoms with Crippen molar-refractivity contribution in [3.63, 3.8) is 0 Å². The lowest BCUT2D eigenvalue weighted by Crippen LogP contribution is -2.39. The van der Waals surface area contributed by atoms with E-state index in [1.165, 1.54) is 12.4 Å². The summed E-state index contributed by atoms with van der Waals surface area (Å²) in [6.07, 6.45) is 6.73. The van der Waals surface area contributed by atoms with Gasteiger partial charge in [0, 0.05) is 56.1 Å². The molecule has 1 aromatic carbocycles. The zero-order chi connectivity index (χ0) is 19.9. The summed E-state index contributed by atoms with van der Waals surface area (Å²) in [6.45, 7) is 4.06. The van der Waals surface area contributed by atoms with Crippen LogP contribution in [0.25, 0.3) is 0 Å². The Morgan fingerprint density at radius 3 is 2.75 bits per heavy atom. The third-order valence-corrected chi connectivity index (χ3v) is 5.30. The molecule has 28 heavy (non-hydrogen) atoms. The van der Waals surface area contributed by atoms with E-state index in [2.05, 4.69) is 14.9 Å². The molecule has 6 nitrogen and oxygen atoms in total. The molecule has 2 atom stereocenters. The Hall–Kier alpha value is -2.38. The molecule has 0 radical (unpaired) electrons. The maximum absolute atomic E-state index is 13.9. The molecular formula is C21H27FN4O2. The third-order valence-electron chi connectivity index (χ3n) is 5.30. The fourth-order valence-electron chi connectivity index (χ4n) is 3.83. The van der Waals surface area contributed by atoms with E-state index in [-0.39, 0.29) is 17.8 Å². The van der Waals surface area contributed by atoms with Crippen LogP contribution in [0, 0.1) is 5.82 Å². The molecule has 0 spiro atoms. The number of aromatic nitrogens is 2. The highest BCUT2D eigenvalue weighted by Gasteiger charge is 2.26. The number of aliphatic hydroxyl groups is 1. The van der Waals surface area contributed by atoms with Gasteiger partial charge >= 0.3 is 0 Å². The van der Waals surface area contributed by atoms with Crippen LogP contribution >= 0.6 is 0 Å².